The lowest BCUT2D eigenvalue weighted by atomic mass is 9.91. The number of ketones is 2. The van der Waals surface area contributed by atoms with Crippen LogP contribution in [0.1, 0.15) is 201 Å². The summed E-state index contributed by atoms with van der Waals surface area (Å²) in [6.07, 6.45) is 35.3. The monoisotopic (exact) mass is 662 g/mol. The lowest BCUT2D eigenvalue weighted by Crippen LogP contribution is -2.34. The smallest absolute Gasteiger partial charge is 0.316 e. The lowest BCUT2D eigenvalue weighted by molar-refractivity contribution is -0.132. The van der Waals surface area contributed by atoms with E-state index in [9.17, 15) is 18.0 Å². The van der Waals surface area contributed by atoms with Crippen LogP contribution in [0.25, 0.3) is 0 Å². The van der Waals surface area contributed by atoms with E-state index < -0.39 is 16.3 Å². The molecule has 0 bridgehead atoms. The summed E-state index contributed by atoms with van der Waals surface area (Å²) in [7, 11) is -3.29. The lowest BCUT2D eigenvalue weighted by Gasteiger charge is -2.15. The Bertz CT molecular complexity index is 701. The zero-order chi connectivity index (χ0) is 33.9. The molecule has 0 aliphatic carbocycles. The normalized spacial score (nSPS) is 11.5. The van der Waals surface area contributed by atoms with Crippen LogP contribution in [0, 0.1) is 5.92 Å². The van der Waals surface area contributed by atoms with Crippen LogP contribution in [0.2, 0.25) is 0 Å². The van der Waals surface area contributed by atoms with E-state index in [4.69, 9.17) is 4.55 Å². The Kier molecular flexibility index (Phi) is 37.0. The minimum Gasteiger partial charge on any atom is -0.316 e. The zero-order valence-corrected chi connectivity index (χ0v) is 31.0. The fourth-order valence-electron chi connectivity index (χ4n) is 5.68. The van der Waals surface area contributed by atoms with Crippen LogP contribution < -0.4 is 5.32 Å². The molecule has 0 atom stereocenters. The third-order valence-corrected chi connectivity index (χ3v) is 9.06. The van der Waals surface area contributed by atoms with Gasteiger partial charge in [-0.3, -0.25) is 18.3 Å². The zero-order valence-electron chi connectivity index (χ0n) is 30.2. The van der Waals surface area contributed by atoms with Gasteiger partial charge in [-0.15, -0.1) is 0 Å². The van der Waals surface area contributed by atoms with Gasteiger partial charge in [-0.05, 0) is 19.4 Å². The summed E-state index contributed by atoms with van der Waals surface area (Å²) in [5, 5.41) is 3.27. The SMILES string of the molecule is CCCCCCCCCCCCCCCC(=O)C(CNCC)C(=O)CCCCCCCCCCCCCCC.COS(=O)(=O)O. The van der Waals surface area contributed by atoms with Gasteiger partial charge in [-0.1, -0.05) is 175 Å². The summed E-state index contributed by atoms with van der Waals surface area (Å²) < 4.78 is 29.7. The minimum atomic E-state index is -4.16. The van der Waals surface area contributed by atoms with Crippen molar-refractivity contribution in [2.24, 2.45) is 5.92 Å². The molecule has 0 aromatic heterocycles. The maximum absolute atomic E-state index is 12.9. The molecule has 270 valence electrons. The van der Waals surface area contributed by atoms with E-state index >= 15 is 0 Å². The van der Waals surface area contributed by atoms with Gasteiger partial charge in [0.05, 0.1) is 13.0 Å². The predicted molar refractivity (Wildman–Crippen MR) is 191 cm³/mol. The summed E-state index contributed by atoms with van der Waals surface area (Å²) >= 11 is 0. The highest BCUT2D eigenvalue weighted by molar-refractivity contribution is 7.80. The molecular weight excluding hydrogens is 586 g/mol. The molecule has 0 spiro atoms. The van der Waals surface area contributed by atoms with Crippen LogP contribution in [0.15, 0.2) is 0 Å². The second-order valence-electron chi connectivity index (χ2n) is 12.9. The topological polar surface area (TPSA) is 110 Å². The quantitative estimate of drug-likeness (QED) is 0.0401. The molecule has 8 heteroatoms. The van der Waals surface area contributed by atoms with Crippen molar-refractivity contribution in [2.75, 3.05) is 20.2 Å². The molecule has 0 rings (SSSR count). The average molecular weight is 662 g/mol. The molecule has 0 unspecified atom stereocenters. The molecule has 0 saturated carbocycles. The predicted octanol–water partition coefficient (Wildman–Crippen LogP) is 10.7. The number of Topliss-reactive ketones (excluding diaryl/α,β-unsaturated/α-hetero) is 2. The van der Waals surface area contributed by atoms with Crippen molar-refractivity contribution in [3.8, 4) is 0 Å². The van der Waals surface area contributed by atoms with Gasteiger partial charge in [-0.2, -0.15) is 8.42 Å². The second kappa shape index (κ2) is 36.0. The molecule has 0 saturated heterocycles. The van der Waals surface area contributed by atoms with Crippen molar-refractivity contribution in [3.05, 3.63) is 0 Å². The summed E-state index contributed by atoms with van der Waals surface area (Å²) in [5.41, 5.74) is 0. The number of rotatable bonds is 34. The number of carbonyl (C=O) groups excluding carboxylic acids is 2. The molecule has 0 heterocycles. The van der Waals surface area contributed by atoms with E-state index in [1.54, 1.807) is 0 Å². The summed E-state index contributed by atoms with van der Waals surface area (Å²) in [6, 6.07) is 0. The Labute approximate surface area is 280 Å². The van der Waals surface area contributed by atoms with Gasteiger partial charge >= 0.3 is 10.4 Å². The summed E-state index contributed by atoms with van der Waals surface area (Å²) in [5.74, 6) is -0.0583. The second-order valence-corrected chi connectivity index (χ2v) is 14.1. The Hall–Kier alpha value is -0.830. The molecule has 2 N–H and O–H groups in total. The average Bonchev–Trinajstić information content (AvgIpc) is 3.01. The third-order valence-electron chi connectivity index (χ3n) is 8.64. The molecule has 7 nitrogen and oxygen atoms in total. The maximum Gasteiger partial charge on any atom is 0.397 e. The summed E-state index contributed by atoms with van der Waals surface area (Å²) in [4.78, 5) is 25.7. The van der Waals surface area contributed by atoms with E-state index in [0.29, 0.717) is 19.4 Å². The fourth-order valence-corrected chi connectivity index (χ4v) is 5.68. The van der Waals surface area contributed by atoms with Gasteiger partial charge in [0.2, 0.25) is 0 Å². The molecule has 0 aliphatic rings. The Morgan fingerprint density at radius 1 is 0.533 bits per heavy atom. The Balaban J connectivity index is 0. The number of hydrogen-bond acceptors (Lipinski definition) is 6. The first-order valence-corrected chi connectivity index (χ1v) is 20.4. The van der Waals surface area contributed by atoms with Gasteiger partial charge in [0.15, 0.2) is 0 Å². The molecular formula is C37H75NO6S. The number of hydrogen-bond donors (Lipinski definition) is 2. The van der Waals surface area contributed by atoms with Crippen LogP contribution in [-0.2, 0) is 24.2 Å². The molecule has 0 aromatic rings. The minimum absolute atomic E-state index is 0.179. The van der Waals surface area contributed by atoms with Gasteiger partial charge in [0.25, 0.3) is 0 Å². The Morgan fingerprint density at radius 2 is 0.778 bits per heavy atom. The molecule has 0 aromatic carbocycles. The highest BCUT2D eigenvalue weighted by Gasteiger charge is 2.24. The van der Waals surface area contributed by atoms with E-state index in [2.05, 4.69) is 23.3 Å². The first-order valence-electron chi connectivity index (χ1n) is 19.0. The highest BCUT2D eigenvalue weighted by Crippen LogP contribution is 2.17. The summed E-state index contributed by atoms with van der Waals surface area (Å²) in [6.45, 7) is 7.95. The van der Waals surface area contributed by atoms with Crippen LogP contribution in [0.3, 0.4) is 0 Å². The number of carbonyl (C=O) groups is 2. The third kappa shape index (κ3) is 37.5. The van der Waals surface area contributed by atoms with Gasteiger partial charge in [0.1, 0.15) is 11.6 Å². The van der Waals surface area contributed by atoms with E-state index in [1.807, 2.05) is 6.92 Å². The van der Waals surface area contributed by atoms with Crippen molar-refractivity contribution < 1.29 is 26.7 Å². The van der Waals surface area contributed by atoms with Crippen molar-refractivity contribution >= 4 is 22.0 Å². The molecule has 0 amide bonds. The number of unbranched alkanes of at least 4 members (excludes halogenated alkanes) is 24. The van der Waals surface area contributed by atoms with E-state index in [-0.39, 0.29) is 11.6 Å². The highest BCUT2D eigenvalue weighted by atomic mass is 32.3. The standard InChI is InChI=1S/C36H71NO2.CH4O4S/c1-4-7-9-11-13-15-17-19-21-23-25-27-29-31-35(38)34(33-37-6-3)36(39)32-30-28-26-24-22-20-18-16-14-12-10-8-5-2;1-5-6(2,3)4/h34,37H,4-33H2,1-3H3;1H3,(H,2,3,4). The van der Waals surface area contributed by atoms with Crippen molar-refractivity contribution in [1.29, 1.82) is 0 Å². The van der Waals surface area contributed by atoms with Crippen LogP contribution in [-0.4, -0.2) is 44.7 Å². The first-order chi connectivity index (χ1) is 21.7. The van der Waals surface area contributed by atoms with Crippen molar-refractivity contribution in [1.82, 2.24) is 5.32 Å². The first kappa shape index (κ1) is 46.3. The van der Waals surface area contributed by atoms with Crippen LogP contribution >= 0.6 is 0 Å². The molecule has 45 heavy (non-hydrogen) atoms. The van der Waals surface area contributed by atoms with Crippen LogP contribution in [0.4, 0.5) is 0 Å². The molecule has 0 fully saturated rings. The van der Waals surface area contributed by atoms with Crippen molar-refractivity contribution in [2.45, 2.75) is 201 Å². The van der Waals surface area contributed by atoms with Gasteiger partial charge in [-0.25, -0.2) is 0 Å². The van der Waals surface area contributed by atoms with E-state index in [1.165, 1.54) is 141 Å². The van der Waals surface area contributed by atoms with Crippen LogP contribution in [0.5, 0.6) is 0 Å². The van der Waals surface area contributed by atoms with E-state index in [0.717, 1.165) is 39.3 Å². The fraction of sp³-hybridized carbons (Fsp3) is 0.946. The molecule has 0 radical (unpaired) electrons. The Morgan fingerprint density at radius 3 is 1.00 bits per heavy atom. The van der Waals surface area contributed by atoms with Crippen molar-refractivity contribution in [3.63, 3.8) is 0 Å². The largest absolute Gasteiger partial charge is 0.397 e. The maximum atomic E-state index is 12.9. The van der Waals surface area contributed by atoms with Gasteiger partial charge < -0.3 is 5.32 Å². The number of nitrogens with one attached hydrogen (secondary N) is 1. The molecule has 0 aliphatic heterocycles. The van der Waals surface area contributed by atoms with Gasteiger partial charge in [0, 0.05) is 19.4 Å².